The third-order valence-electron chi connectivity index (χ3n) is 5.06. The minimum absolute atomic E-state index is 0. The predicted octanol–water partition coefficient (Wildman–Crippen LogP) is -1.75. The van der Waals surface area contributed by atoms with E-state index in [2.05, 4.69) is 25.5 Å². The van der Waals surface area contributed by atoms with Gasteiger partial charge in [0.2, 0.25) is 5.95 Å². The molecule has 13 nitrogen and oxygen atoms in total. The van der Waals surface area contributed by atoms with Crippen LogP contribution in [-0.2, 0) is 20.2 Å². The van der Waals surface area contributed by atoms with Crippen LogP contribution in [0.5, 0.6) is 11.5 Å². The Bertz CT molecular complexity index is 1900. The zero-order chi connectivity index (χ0) is 28.7. The topological polar surface area (TPSA) is 206 Å². The first kappa shape index (κ1) is 35.2. The molecule has 1 aromatic heterocycles. The zero-order valence-electron chi connectivity index (χ0n) is 21.1. The van der Waals surface area contributed by atoms with Crippen LogP contribution in [0.15, 0.2) is 62.5 Å². The number of benzene rings is 3. The van der Waals surface area contributed by atoms with E-state index in [4.69, 9.17) is 16.3 Å². The standard InChI is InChI=1S/C21H14ClF2N5O8S2.2Na/c1-37-11-3-5-13(14(8-11)38(31,32)33)28-29-17-15(39(34,35)36)7-9-6-10(2-4-12(9)18(17)30)25-20-16(22)19(23)26-21(24)27-20;;/h2-8,30H,1H3,(H,25,26,27)(H,31,32,33)(H,34,35,36);;/q;2*+1/p-2. The van der Waals surface area contributed by atoms with E-state index < -0.39 is 70.0 Å². The first-order valence-corrected chi connectivity index (χ1v) is 13.4. The van der Waals surface area contributed by atoms with Crippen molar-refractivity contribution in [1.82, 2.24) is 9.97 Å². The van der Waals surface area contributed by atoms with Crippen molar-refractivity contribution < 1.29 is 104 Å². The number of rotatable bonds is 7. The fourth-order valence-corrected chi connectivity index (χ4v) is 4.74. The van der Waals surface area contributed by atoms with E-state index in [1.165, 1.54) is 31.4 Å². The Labute approximate surface area is 280 Å². The average molecular weight is 646 g/mol. The summed E-state index contributed by atoms with van der Waals surface area (Å²) in [6.45, 7) is 0. The maximum Gasteiger partial charge on any atom is 1.00 e. The molecule has 0 fully saturated rings. The summed E-state index contributed by atoms with van der Waals surface area (Å²) in [6, 6.07) is 7.69. The van der Waals surface area contributed by atoms with Gasteiger partial charge in [0, 0.05) is 11.1 Å². The van der Waals surface area contributed by atoms with Crippen molar-refractivity contribution in [3.05, 3.63) is 59.5 Å². The monoisotopic (exact) mass is 645 g/mol. The summed E-state index contributed by atoms with van der Waals surface area (Å²) in [6.07, 6.45) is -1.42. The third kappa shape index (κ3) is 7.88. The Hall–Kier alpha value is -2.03. The number of hydrogen-bond donors (Lipinski definition) is 2. The number of anilines is 2. The number of phenols is 1. The number of fused-ring (bicyclic) bond motifs is 1. The van der Waals surface area contributed by atoms with E-state index in [0.29, 0.717) is 0 Å². The summed E-state index contributed by atoms with van der Waals surface area (Å²) in [7, 11) is -9.19. The number of nitrogens with one attached hydrogen (secondary N) is 1. The van der Waals surface area contributed by atoms with Gasteiger partial charge in [-0.2, -0.15) is 18.7 Å². The van der Waals surface area contributed by atoms with E-state index in [0.717, 1.165) is 18.2 Å². The SMILES string of the molecule is COc1ccc(N=Nc2c(S(=O)(=O)[O-])cc3cc(Nc4nc(F)nc(F)c4Cl)ccc3c2O)c(S(=O)(=O)[O-])c1.[Na+].[Na+]. The van der Waals surface area contributed by atoms with Crippen molar-refractivity contribution in [3.63, 3.8) is 0 Å². The van der Waals surface area contributed by atoms with Crippen LogP contribution in [0.25, 0.3) is 10.8 Å². The summed E-state index contributed by atoms with van der Waals surface area (Å²) in [5, 5.41) is 19.7. The second-order valence-electron chi connectivity index (χ2n) is 7.52. The van der Waals surface area contributed by atoms with Gasteiger partial charge in [0.25, 0.3) is 0 Å². The first-order valence-electron chi connectivity index (χ1n) is 10.2. The number of halogens is 3. The normalized spacial score (nSPS) is 11.7. The fourth-order valence-electron chi connectivity index (χ4n) is 3.34. The Morgan fingerprint density at radius 1 is 0.951 bits per heavy atom. The van der Waals surface area contributed by atoms with Crippen LogP contribution in [0.1, 0.15) is 0 Å². The van der Waals surface area contributed by atoms with Crippen molar-refractivity contribution in [2.45, 2.75) is 9.79 Å². The van der Waals surface area contributed by atoms with E-state index in [1.807, 2.05) is 0 Å². The molecule has 0 amide bonds. The van der Waals surface area contributed by atoms with Gasteiger partial charge < -0.3 is 24.3 Å². The van der Waals surface area contributed by atoms with Crippen molar-refractivity contribution in [1.29, 1.82) is 0 Å². The summed E-state index contributed by atoms with van der Waals surface area (Å²) < 4.78 is 103. The number of hydrogen-bond acceptors (Lipinski definition) is 13. The maximum absolute atomic E-state index is 13.6. The van der Waals surface area contributed by atoms with Crippen LogP contribution in [0.4, 0.5) is 31.7 Å². The number of phenolic OH excluding ortho intramolecular Hbond substituents is 1. The first-order chi connectivity index (χ1) is 18.2. The van der Waals surface area contributed by atoms with Gasteiger partial charge >= 0.3 is 65.2 Å². The molecule has 0 aliphatic heterocycles. The van der Waals surface area contributed by atoms with Gasteiger partial charge in [-0.1, -0.05) is 11.6 Å². The van der Waals surface area contributed by atoms with Crippen molar-refractivity contribution in [2.75, 3.05) is 12.4 Å². The number of nitrogens with zero attached hydrogens (tertiary/aromatic N) is 4. The predicted molar refractivity (Wildman–Crippen MR) is 129 cm³/mol. The minimum Gasteiger partial charge on any atom is -0.744 e. The second kappa shape index (κ2) is 13.5. The molecule has 0 radical (unpaired) electrons. The number of aromatic hydroxyl groups is 1. The molecule has 0 unspecified atom stereocenters. The fraction of sp³-hybridized carbons (Fsp3) is 0.0476. The molecule has 4 rings (SSSR count). The molecule has 2 N–H and O–H groups in total. The largest absolute Gasteiger partial charge is 1.00 e. The second-order valence-corrected chi connectivity index (χ2v) is 10.6. The van der Waals surface area contributed by atoms with Crippen LogP contribution >= 0.6 is 11.6 Å². The molecule has 204 valence electrons. The molecule has 0 saturated heterocycles. The van der Waals surface area contributed by atoms with Crippen LogP contribution in [0.2, 0.25) is 5.02 Å². The van der Waals surface area contributed by atoms with Gasteiger partial charge in [-0.05, 0) is 47.9 Å². The number of methoxy groups -OCH3 is 1. The molecular weight excluding hydrogens is 634 g/mol. The van der Waals surface area contributed by atoms with Gasteiger partial charge in [0.1, 0.15) is 42.4 Å². The van der Waals surface area contributed by atoms with Crippen LogP contribution in [0.3, 0.4) is 0 Å². The molecule has 1 heterocycles. The van der Waals surface area contributed by atoms with Crippen molar-refractivity contribution in [2.24, 2.45) is 10.2 Å². The Balaban J connectivity index is 0.00000294. The molecule has 3 aromatic carbocycles. The van der Waals surface area contributed by atoms with E-state index in [-0.39, 0.29) is 81.3 Å². The zero-order valence-corrected chi connectivity index (χ0v) is 27.5. The molecule has 0 aliphatic rings. The number of ether oxygens (including phenoxy) is 1. The summed E-state index contributed by atoms with van der Waals surface area (Å²) in [5.41, 5.74) is -1.31. The molecule has 0 aliphatic carbocycles. The van der Waals surface area contributed by atoms with E-state index in [1.54, 1.807) is 0 Å². The summed E-state index contributed by atoms with van der Waals surface area (Å²) >= 11 is 5.73. The van der Waals surface area contributed by atoms with Crippen LogP contribution in [0, 0.1) is 12.0 Å². The quantitative estimate of drug-likeness (QED) is 0.0758. The van der Waals surface area contributed by atoms with Gasteiger partial charge in [-0.3, -0.25) is 0 Å². The van der Waals surface area contributed by atoms with Gasteiger partial charge in [0.15, 0.2) is 11.6 Å². The van der Waals surface area contributed by atoms with Gasteiger partial charge in [0.05, 0.1) is 16.9 Å². The molecular formula is C21H12ClF2N5Na2O8S2. The molecule has 41 heavy (non-hydrogen) atoms. The molecule has 0 saturated carbocycles. The average Bonchev–Trinajstić information content (AvgIpc) is 2.85. The summed E-state index contributed by atoms with van der Waals surface area (Å²) in [5.74, 6) is -2.65. The molecule has 20 heteroatoms. The smallest absolute Gasteiger partial charge is 0.744 e. The third-order valence-corrected chi connectivity index (χ3v) is 7.11. The van der Waals surface area contributed by atoms with E-state index >= 15 is 0 Å². The number of aromatic nitrogens is 2. The van der Waals surface area contributed by atoms with Crippen molar-refractivity contribution in [3.8, 4) is 11.5 Å². The van der Waals surface area contributed by atoms with Gasteiger partial charge in [-0.25, -0.2) is 16.8 Å². The van der Waals surface area contributed by atoms with Crippen LogP contribution in [-0.4, -0.2) is 48.1 Å². The molecule has 0 atom stereocenters. The Morgan fingerprint density at radius 3 is 2.22 bits per heavy atom. The Kier molecular flexibility index (Phi) is 11.6. The van der Waals surface area contributed by atoms with Crippen molar-refractivity contribution >= 4 is 65.5 Å². The number of azo groups is 1. The maximum atomic E-state index is 13.6. The summed E-state index contributed by atoms with van der Waals surface area (Å²) in [4.78, 5) is 4.25. The van der Waals surface area contributed by atoms with E-state index in [9.17, 15) is 39.8 Å². The molecule has 4 aromatic rings. The van der Waals surface area contributed by atoms with Crippen LogP contribution < -0.4 is 69.2 Å². The Morgan fingerprint density at radius 2 is 1.61 bits per heavy atom. The molecule has 0 spiro atoms. The minimum atomic E-state index is -5.32. The molecule has 0 bridgehead atoms. The van der Waals surface area contributed by atoms with Gasteiger partial charge in [-0.15, -0.1) is 10.2 Å².